The second-order valence-electron chi connectivity index (χ2n) is 5.05. The number of aromatic amines is 1. The minimum atomic E-state index is -3.57. The van der Waals surface area contributed by atoms with Gasteiger partial charge in [0.25, 0.3) is 10.0 Å². The molecule has 3 aromatic rings. The van der Waals surface area contributed by atoms with Crippen molar-refractivity contribution in [3.05, 3.63) is 46.8 Å². The Balaban J connectivity index is 1.75. The number of H-pyrrole nitrogens is 1. The van der Waals surface area contributed by atoms with E-state index in [-0.39, 0.29) is 4.90 Å². The van der Waals surface area contributed by atoms with E-state index in [1.165, 1.54) is 11.3 Å². The number of thiophene rings is 1. The lowest BCUT2D eigenvalue weighted by atomic mass is 10.2. The van der Waals surface area contributed by atoms with Crippen LogP contribution in [-0.4, -0.2) is 30.7 Å². The summed E-state index contributed by atoms with van der Waals surface area (Å²) in [7, 11) is -3.57. The van der Waals surface area contributed by atoms with Crippen molar-refractivity contribution in [1.29, 1.82) is 0 Å². The molecular weight excluding hydrogens is 350 g/mol. The first kappa shape index (κ1) is 14.8. The fourth-order valence-electron chi connectivity index (χ4n) is 2.46. The zero-order valence-electron chi connectivity index (χ0n) is 11.9. The lowest BCUT2D eigenvalue weighted by Gasteiger charge is -2.07. The van der Waals surface area contributed by atoms with Crippen LogP contribution in [-0.2, 0) is 10.0 Å². The van der Waals surface area contributed by atoms with Gasteiger partial charge in [0.05, 0.1) is 21.8 Å². The Morgan fingerprint density at radius 1 is 1.26 bits per heavy atom. The Morgan fingerprint density at radius 3 is 2.91 bits per heavy atom. The molecular formula is C15H13N3O2S3. The third-order valence-corrected chi connectivity index (χ3v) is 6.73. The van der Waals surface area contributed by atoms with E-state index in [4.69, 9.17) is 0 Å². The van der Waals surface area contributed by atoms with E-state index in [0.717, 1.165) is 33.9 Å². The molecule has 0 spiro atoms. The molecule has 3 heterocycles. The number of thioether (sulfide) groups is 1. The number of aliphatic imine (C=N–C) groups is 1. The summed E-state index contributed by atoms with van der Waals surface area (Å²) in [5, 5.41) is 5.30. The molecule has 0 saturated heterocycles. The third-order valence-electron chi connectivity index (χ3n) is 3.52. The number of benzene rings is 1. The van der Waals surface area contributed by atoms with Gasteiger partial charge in [-0.15, -0.1) is 11.8 Å². The van der Waals surface area contributed by atoms with E-state index in [1.807, 2.05) is 18.2 Å². The molecule has 1 aromatic carbocycles. The quantitative estimate of drug-likeness (QED) is 0.745. The molecule has 1 aliphatic rings. The number of aromatic nitrogens is 1. The molecule has 0 unspecified atom stereocenters. The summed E-state index contributed by atoms with van der Waals surface area (Å²) in [5.74, 6) is 0.988. The molecule has 0 atom stereocenters. The molecule has 23 heavy (non-hydrogen) atoms. The van der Waals surface area contributed by atoms with Crippen molar-refractivity contribution < 1.29 is 8.42 Å². The van der Waals surface area contributed by atoms with Crippen LogP contribution >= 0.6 is 23.1 Å². The minimum absolute atomic E-state index is 0.280. The number of anilines is 1. The lowest BCUT2D eigenvalue weighted by Crippen LogP contribution is -2.12. The molecule has 0 radical (unpaired) electrons. The van der Waals surface area contributed by atoms with Gasteiger partial charge in [-0.3, -0.25) is 9.71 Å². The highest BCUT2D eigenvalue weighted by Gasteiger charge is 2.18. The molecule has 0 amide bonds. The lowest BCUT2D eigenvalue weighted by molar-refractivity contribution is 0.601. The molecule has 0 saturated carbocycles. The monoisotopic (exact) mass is 363 g/mol. The standard InChI is InChI=1S/C15H13N3O2S3/c19-23(20,11-4-6-21-9-11)18-12-3-1-2-10-8-13(17-14(10)12)15-16-5-7-22-15/h1-4,6,8-9,17-18H,5,7H2. The average Bonchev–Trinajstić information content (AvgIpc) is 3.27. The first-order valence-corrected chi connectivity index (χ1v) is 10.4. The summed E-state index contributed by atoms with van der Waals surface area (Å²) in [6.07, 6.45) is 0. The van der Waals surface area contributed by atoms with Gasteiger partial charge in [0.1, 0.15) is 5.04 Å². The van der Waals surface area contributed by atoms with E-state index < -0.39 is 10.0 Å². The Labute approximate surface area is 141 Å². The van der Waals surface area contributed by atoms with Gasteiger partial charge in [0.2, 0.25) is 0 Å². The first-order valence-electron chi connectivity index (χ1n) is 6.98. The Hall–Kier alpha value is -1.77. The number of para-hydroxylation sites is 1. The van der Waals surface area contributed by atoms with Crippen LogP contribution in [0, 0.1) is 0 Å². The van der Waals surface area contributed by atoms with Crippen LogP contribution in [0.5, 0.6) is 0 Å². The van der Waals surface area contributed by atoms with Crippen molar-refractivity contribution in [3.63, 3.8) is 0 Å². The summed E-state index contributed by atoms with van der Waals surface area (Å²) >= 11 is 3.07. The van der Waals surface area contributed by atoms with E-state index in [0.29, 0.717) is 5.69 Å². The highest BCUT2D eigenvalue weighted by Crippen LogP contribution is 2.29. The number of sulfonamides is 1. The van der Waals surface area contributed by atoms with Gasteiger partial charge in [0, 0.05) is 23.1 Å². The second-order valence-corrected chi connectivity index (χ2v) is 8.60. The maximum atomic E-state index is 12.4. The minimum Gasteiger partial charge on any atom is -0.351 e. The maximum absolute atomic E-state index is 12.4. The maximum Gasteiger partial charge on any atom is 0.262 e. The number of nitrogens with one attached hydrogen (secondary N) is 2. The molecule has 0 bridgehead atoms. The van der Waals surface area contributed by atoms with Gasteiger partial charge in [-0.1, -0.05) is 12.1 Å². The van der Waals surface area contributed by atoms with Crippen LogP contribution < -0.4 is 4.72 Å². The van der Waals surface area contributed by atoms with Gasteiger partial charge in [0.15, 0.2) is 0 Å². The van der Waals surface area contributed by atoms with Crippen LogP contribution in [0.15, 0.2) is 51.0 Å². The van der Waals surface area contributed by atoms with Crippen LogP contribution in [0.2, 0.25) is 0 Å². The Kier molecular flexibility index (Phi) is 3.67. The molecule has 1 aliphatic heterocycles. The molecule has 2 aromatic heterocycles. The van der Waals surface area contributed by atoms with Crippen molar-refractivity contribution in [1.82, 2.24) is 4.98 Å². The summed E-state index contributed by atoms with van der Waals surface area (Å²) in [6.45, 7) is 0.826. The largest absolute Gasteiger partial charge is 0.351 e. The fourth-order valence-corrected chi connectivity index (χ4v) is 5.39. The predicted molar refractivity (Wildman–Crippen MR) is 97.3 cm³/mol. The van der Waals surface area contributed by atoms with Gasteiger partial charge in [-0.25, -0.2) is 8.42 Å². The highest BCUT2D eigenvalue weighted by molar-refractivity contribution is 8.14. The summed E-state index contributed by atoms with van der Waals surface area (Å²) in [5.41, 5.74) is 2.25. The molecule has 2 N–H and O–H groups in total. The number of nitrogens with zero attached hydrogens (tertiary/aromatic N) is 1. The van der Waals surface area contributed by atoms with Crippen LogP contribution in [0.1, 0.15) is 5.69 Å². The van der Waals surface area contributed by atoms with Crippen molar-refractivity contribution in [2.75, 3.05) is 17.0 Å². The van der Waals surface area contributed by atoms with Crippen molar-refractivity contribution in [3.8, 4) is 0 Å². The molecule has 8 heteroatoms. The van der Waals surface area contributed by atoms with Crippen LogP contribution in [0.4, 0.5) is 5.69 Å². The third kappa shape index (κ3) is 2.77. The number of fused-ring (bicyclic) bond motifs is 1. The highest BCUT2D eigenvalue weighted by atomic mass is 32.2. The SMILES string of the molecule is O=S(=O)(Nc1cccc2cc(C3=NCCS3)[nH]c12)c1ccsc1. The summed E-state index contributed by atoms with van der Waals surface area (Å²) in [4.78, 5) is 8.03. The molecule has 118 valence electrons. The number of hydrogen-bond acceptors (Lipinski definition) is 5. The summed E-state index contributed by atoms with van der Waals surface area (Å²) in [6, 6.07) is 9.16. The van der Waals surface area contributed by atoms with Crippen LogP contribution in [0.25, 0.3) is 10.9 Å². The number of rotatable bonds is 4. The van der Waals surface area contributed by atoms with Gasteiger partial charge in [-0.2, -0.15) is 11.3 Å². The van der Waals surface area contributed by atoms with Crippen molar-refractivity contribution >= 4 is 54.8 Å². The first-order chi connectivity index (χ1) is 11.1. The van der Waals surface area contributed by atoms with E-state index >= 15 is 0 Å². The van der Waals surface area contributed by atoms with Gasteiger partial charge in [-0.05, 0) is 23.6 Å². The van der Waals surface area contributed by atoms with Gasteiger partial charge < -0.3 is 4.98 Å². The molecule has 4 rings (SSSR count). The fraction of sp³-hybridized carbons (Fsp3) is 0.133. The second kappa shape index (κ2) is 5.70. The van der Waals surface area contributed by atoms with E-state index in [9.17, 15) is 8.42 Å². The Morgan fingerprint density at radius 2 is 2.17 bits per heavy atom. The predicted octanol–water partition coefficient (Wildman–Crippen LogP) is 3.52. The molecule has 5 nitrogen and oxygen atoms in total. The van der Waals surface area contributed by atoms with Crippen LogP contribution in [0.3, 0.4) is 0 Å². The van der Waals surface area contributed by atoms with Crippen molar-refractivity contribution in [2.24, 2.45) is 4.99 Å². The Bertz CT molecular complexity index is 988. The normalized spacial score (nSPS) is 15.0. The van der Waals surface area contributed by atoms with Crippen molar-refractivity contribution in [2.45, 2.75) is 4.90 Å². The van der Waals surface area contributed by atoms with E-state index in [1.54, 1.807) is 34.7 Å². The zero-order valence-corrected chi connectivity index (χ0v) is 14.4. The number of hydrogen-bond donors (Lipinski definition) is 2. The average molecular weight is 363 g/mol. The van der Waals surface area contributed by atoms with Gasteiger partial charge >= 0.3 is 0 Å². The topological polar surface area (TPSA) is 74.3 Å². The molecule has 0 aliphatic carbocycles. The smallest absolute Gasteiger partial charge is 0.262 e. The zero-order chi connectivity index (χ0) is 15.9. The molecule has 0 fully saturated rings. The van der Waals surface area contributed by atoms with E-state index in [2.05, 4.69) is 14.7 Å². The summed E-state index contributed by atoms with van der Waals surface area (Å²) < 4.78 is 27.5.